The average Bonchev–Trinajstić information content (AvgIpc) is 3.47. The normalized spacial score (nSPS) is 20.6. The zero-order chi connectivity index (χ0) is 25.3. The highest BCUT2D eigenvalue weighted by Gasteiger charge is 2.36. The Labute approximate surface area is 208 Å². The van der Waals surface area contributed by atoms with Gasteiger partial charge in [-0.3, -0.25) is 14.1 Å². The number of halogens is 3. The Morgan fingerprint density at radius 3 is 2.53 bits per heavy atom. The minimum Gasteiger partial charge on any atom is -0.350 e. The summed E-state index contributed by atoms with van der Waals surface area (Å²) in [5, 5.41) is 3.10. The molecule has 0 bridgehead atoms. The summed E-state index contributed by atoms with van der Waals surface area (Å²) in [5.74, 6) is -0.218. The molecule has 192 valence electrons. The van der Waals surface area contributed by atoms with E-state index in [2.05, 4.69) is 10.2 Å². The minimum absolute atomic E-state index is 0.195. The van der Waals surface area contributed by atoms with E-state index >= 15 is 0 Å². The van der Waals surface area contributed by atoms with Gasteiger partial charge in [-0.1, -0.05) is 37.5 Å². The van der Waals surface area contributed by atoms with E-state index in [9.17, 15) is 18.0 Å². The number of likely N-dealkylation sites (tertiary alicyclic amines) is 1. The molecule has 3 aromatic rings. The Morgan fingerprint density at radius 2 is 1.86 bits per heavy atom. The standard InChI is InChI=1S/C27H32F3N5O/c28-27(29,30)20-9-7-19(8-10-20)26(12-2-1-3-13-26)18-32-25(36)23-5-4-6-24-33-22(17-35(23)24)16-34-14-11-21(31)15-34/h4-10,17,21H,1-3,11-16,18,31H2,(H,32,36)/t21-/m1/s1. The van der Waals surface area contributed by atoms with Gasteiger partial charge in [0.2, 0.25) is 0 Å². The van der Waals surface area contributed by atoms with E-state index in [0.717, 1.165) is 75.0 Å². The summed E-state index contributed by atoms with van der Waals surface area (Å²) in [7, 11) is 0. The van der Waals surface area contributed by atoms with Crippen LogP contribution in [0.5, 0.6) is 0 Å². The second kappa shape index (κ2) is 9.86. The van der Waals surface area contributed by atoms with Crippen molar-refractivity contribution in [2.75, 3.05) is 19.6 Å². The number of amides is 1. The number of alkyl halides is 3. The summed E-state index contributed by atoms with van der Waals surface area (Å²) < 4.78 is 41.1. The largest absolute Gasteiger partial charge is 0.416 e. The molecular weight excluding hydrogens is 467 g/mol. The van der Waals surface area contributed by atoms with Crippen LogP contribution in [0.15, 0.2) is 48.7 Å². The van der Waals surface area contributed by atoms with Crippen molar-refractivity contribution in [3.63, 3.8) is 0 Å². The number of nitrogens with one attached hydrogen (secondary N) is 1. The van der Waals surface area contributed by atoms with E-state index in [1.165, 1.54) is 0 Å². The fraction of sp³-hybridized carbons (Fsp3) is 0.481. The van der Waals surface area contributed by atoms with Crippen molar-refractivity contribution in [3.05, 3.63) is 71.2 Å². The lowest BCUT2D eigenvalue weighted by molar-refractivity contribution is -0.137. The second-order valence-electron chi connectivity index (χ2n) is 10.3. The summed E-state index contributed by atoms with van der Waals surface area (Å²) in [4.78, 5) is 20.3. The molecule has 36 heavy (non-hydrogen) atoms. The topological polar surface area (TPSA) is 75.7 Å². The van der Waals surface area contributed by atoms with Gasteiger partial charge < -0.3 is 11.1 Å². The van der Waals surface area contributed by atoms with Crippen LogP contribution in [0.1, 0.15) is 65.8 Å². The number of imidazole rings is 1. The highest BCUT2D eigenvalue weighted by molar-refractivity contribution is 5.93. The summed E-state index contributed by atoms with van der Waals surface area (Å²) in [6.07, 6.45) is 3.23. The number of fused-ring (bicyclic) bond motifs is 1. The second-order valence-corrected chi connectivity index (χ2v) is 10.3. The van der Waals surface area contributed by atoms with Gasteiger partial charge in [0.25, 0.3) is 5.91 Å². The fourth-order valence-electron chi connectivity index (χ4n) is 5.71. The zero-order valence-electron chi connectivity index (χ0n) is 20.2. The molecule has 0 unspecified atom stereocenters. The lowest BCUT2D eigenvalue weighted by atomic mass is 9.69. The van der Waals surface area contributed by atoms with Crippen molar-refractivity contribution in [3.8, 4) is 0 Å². The first-order chi connectivity index (χ1) is 17.2. The number of carbonyl (C=O) groups is 1. The SMILES string of the molecule is N[C@@H]1CCN(Cc2cn3c(C(=O)NCC4(c5ccc(C(F)(F)F)cc5)CCCCC4)cccc3n2)C1. The van der Waals surface area contributed by atoms with E-state index in [1.54, 1.807) is 18.2 Å². The van der Waals surface area contributed by atoms with Gasteiger partial charge >= 0.3 is 6.18 Å². The van der Waals surface area contributed by atoms with Crippen LogP contribution in [0.25, 0.3) is 5.65 Å². The average molecular weight is 500 g/mol. The molecule has 1 saturated heterocycles. The van der Waals surface area contributed by atoms with E-state index in [-0.39, 0.29) is 17.4 Å². The molecule has 9 heteroatoms. The quantitative estimate of drug-likeness (QED) is 0.523. The minimum atomic E-state index is -4.37. The summed E-state index contributed by atoms with van der Waals surface area (Å²) in [6, 6.07) is 11.1. The van der Waals surface area contributed by atoms with Crippen molar-refractivity contribution in [1.29, 1.82) is 0 Å². The third-order valence-electron chi connectivity index (χ3n) is 7.69. The van der Waals surface area contributed by atoms with Gasteiger partial charge in [0.15, 0.2) is 0 Å². The van der Waals surface area contributed by atoms with Crippen molar-refractivity contribution in [2.24, 2.45) is 5.73 Å². The molecule has 3 heterocycles. The maximum Gasteiger partial charge on any atom is 0.416 e. The Hall–Kier alpha value is -2.91. The molecule has 0 radical (unpaired) electrons. The predicted molar refractivity (Wildman–Crippen MR) is 132 cm³/mol. The van der Waals surface area contributed by atoms with Crippen molar-refractivity contribution >= 4 is 11.6 Å². The predicted octanol–water partition coefficient (Wildman–Crippen LogP) is 4.52. The Morgan fingerprint density at radius 1 is 1.11 bits per heavy atom. The van der Waals surface area contributed by atoms with Gasteiger partial charge in [-0.05, 0) is 49.1 Å². The van der Waals surface area contributed by atoms with Gasteiger partial charge in [-0.15, -0.1) is 0 Å². The molecule has 1 aromatic carbocycles. The molecule has 1 aliphatic heterocycles. The molecule has 2 fully saturated rings. The summed E-state index contributed by atoms with van der Waals surface area (Å²) >= 11 is 0. The number of hydrogen-bond acceptors (Lipinski definition) is 4. The number of pyridine rings is 1. The highest BCUT2D eigenvalue weighted by atomic mass is 19.4. The van der Waals surface area contributed by atoms with E-state index in [4.69, 9.17) is 10.7 Å². The summed E-state index contributed by atoms with van der Waals surface area (Å²) in [6.45, 7) is 2.84. The lowest BCUT2D eigenvalue weighted by Crippen LogP contribution is -2.42. The molecule has 5 rings (SSSR count). The van der Waals surface area contributed by atoms with Crippen molar-refractivity contribution in [2.45, 2.75) is 62.7 Å². The molecule has 1 saturated carbocycles. The number of carbonyl (C=O) groups excluding carboxylic acids is 1. The van der Waals surface area contributed by atoms with Crippen LogP contribution in [-0.4, -0.2) is 45.9 Å². The Balaban J connectivity index is 1.34. The van der Waals surface area contributed by atoms with Gasteiger partial charge in [0.05, 0.1) is 11.3 Å². The number of rotatable bonds is 6. The van der Waals surface area contributed by atoms with Crippen LogP contribution in [-0.2, 0) is 18.1 Å². The van der Waals surface area contributed by atoms with Crippen LogP contribution >= 0.6 is 0 Å². The van der Waals surface area contributed by atoms with Crippen LogP contribution in [0, 0.1) is 0 Å². The van der Waals surface area contributed by atoms with Crippen molar-refractivity contribution in [1.82, 2.24) is 19.6 Å². The molecule has 2 aliphatic rings. The van der Waals surface area contributed by atoms with E-state index < -0.39 is 11.7 Å². The molecule has 3 N–H and O–H groups in total. The Kier molecular flexibility index (Phi) is 6.78. The molecule has 1 aliphatic carbocycles. The highest BCUT2D eigenvalue weighted by Crippen LogP contribution is 2.40. The van der Waals surface area contributed by atoms with Gasteiger partial charge in [-0.2, -0.15) is 13.2 Å². The number of nitrogens with two attached hydrogens (primary N) is 1. The maximum atomic E-state index is 13.3. The van der Waals surface area contributed by atoms with Crippen LogP contribution in [0.2, 0.25) is 0 Å². The number of benzene rings is 1. The first kappa shape index (κ1) is 24.8. The third kappa shape index (κ3) is 5.13. The van der Waals surface area contributed by atoms with E-state index in [0.29, 0.717) is 24.4 Å². The number of nitrogens with zero attached hydrogens (tertiary/aromatic N) is 3. The fourth-order valence-corrected chi connectivity index (χ4v) is 5.71. The maximum absolute atomic E-state index is 13.3. The van der Waals surface area contributed by atoms with Crippen LogP contribution in [0.4, 0.5) is 13.2 Å². The third-order valence-corrected chi connectivity index (χ3v) is 7.69. The lowest BCUT2D eigenvalue weighted by Gasteiger charge is -2.38. The van der Waals surface area contributed by atoms with Gasteiger partial charge in [0, 0.05) is 43.8 Å². The molecule has 6 nitrogen and oxygen atoms in total. The van der Waals surface area contributed by atoms with Crippen molar-refractivity contribution < 1.29 is 18.0 Å². The molecule has 0 spiro atoms. The van der Waals surface area contributed by atoms with Gasteiger partial charge in [0.1, 0.15) is 11.3 Å². The monoisotopic (exact) mass is 499 g/mol. The van der Waals surface area contributed by atoms with Crippen LogP contribution in [0.3, 0.4) is 0 Å². The molecular formula is C27H32F3N5O. The van der Waals surface area contributed by atoms with Crippen LogP contribution < -0.4 is 11.1 Å². The summed E-state index contributed by atoms with van der Waals surface area (Å²) in [5.41, 5.74) is 7.92. The molecule has 1 atom stereocenters. The Bertz CT molecular complexity index is 1210. The van der Waals surface area contributed by atoms with E-state index in [1.807, 2.05) is 22.7 Å². The first-order valence-corrected chi connectivity index (χ1v) is 12.6. The smallest absolute Gasteiger partial charge is 0.350 e. The number of aromatic nitrogens is 2. The number of hydrogen-bond donors (Lipinski definition) is 2. The zero-order valence-corrected chi connectivity index (χ0v) is 20.2. The molecule has 2 aromatic heterocycles. The molecule has 1 amide bonds. The van der Waals surface area contributed by atoms with Gasteiger partial charge in [-0.25, -0.2) is 4.98 Å². The first-order valence-electron chi connectivity index (χ1n) is 12.6.